The number of hydrogen-bond donors (Lipinski definition) is 2. The SMILES string of the molecule is CCCC(CNC(=O)CSc1nc2ccccc2o1)NC(=O)CSc1nc2ccccc2o1. The van der Waals surface area contributed by atoms with Crippen molar-refractivity contribution in [3.05, 3.63) is 48.5 Å². The van der Waals surface area contributed by atoms with E-state index in [0.717, 1.165) is 23.9 Å². The Hall–Kier alpha value is -2.98. The average molecular weight is 485 g/mol. The number of nitrogens with zero attached hydrogens (tertiary/aromatic N) is 2. The van der Waals surface area contributed by atoms with Gasteiger partial charge in [-0.3, -0.25) is 9.59 Å². The molecule has 4 rings (SSSR count). The van der Waals surface area contributed by atoms with Crippen molar-refractivity contribution < 1.29 is 18.4 Å². The second kappa shape index (κ2) is 11.2. The third-order valence-electron chi connectivity index (χ3n) is 4.75. The Morgan fingerprint density at radius 3 is 1.97 bits per heavy atom. The molecule has 0 aliphatic heterocycles. The standard InChI is InChI=1S/C23H24N4O4S2/c1-2-7-15(25-21(29)14-33-23-27-17-9-4-6-11-19(17)31-23)12-24-20(28)13-32-22-26-16-8-3-5-10-18(16)30-22/h3-6,8-11,15H,2,7,12-14H2,1H3,(H,24,28)(H,25,29). The Labute approximate surface area is 199 Å². The number of nitrogens with one attached hydrogen (secondary N) is 2. The van der Waals surface area contributed by atoms with E-state index in [1.807, 2.05) is 55.5 Å². The summed E-state index contributed by atoms with van der Waals surface area (Å²) in [5.74, 6) is 0.108. The van der Waals surface area contributed by atoms with Crippen molar-refractivity contribution in [3.8, 4) is 0 Å². The van der Waals surface area contributed by atoms with Crippen LogP contribution in [0.2, 0.25) is 0 Å². The maximum Gasteiger partial charge on any atom is 0.257 e. The Morgan fingerprint density at radius 2 is 1.42 bits per heavy atom. The summed E-state index contributed by atoms with van der Waals surface area (Å²) in [6, 6.07) is 14.8. The van der Waals surface area contributed by atoms with Crippen LogP contribution in [0.25, 0.3) is 22.2 Å². The van der Waals surface area contributed by atoms with Gasteiger partial charge in [0.15, 0.2) is 11.2 Å². The van der Waals surface area contributed by atoms with Crippen LogP contribution in [0.4, 0.5) is 0 Å². The zero-order chi connectivity index (χ0) is 23.0. The first-order chi connectivity index (χ1) is 16.1. The largest absolute Gasteiger partial charge is 0.431 e. The summed E-state index contributed by atoms with van der Waals surface area (Å²) < 4.78 is 11.2. The molecular weight excluding hydrogens is 460 g/mol. The van der Waals surface area contributed by atoms with Gasteiger partial charge < -0.3 is 19.5 Å². The summed E-state index contributed by atoms with van der Waals surface area (Å²) in [7, 11) is 0. The molecule has 172 valence electrons. The van der Waals surface area contributed by atoms with E-state index < -0.39 is 0 Å². The van der Waals surface area contributed by atoms with E-state index in [0.29, 0.717) is 28.2 Å². The highest BCUT2D eigenvalue weighted by atomic mass is 32.2. The molecule has 2 heterocycles. The number of hydrogen-bond acceptors (Lipinski definition) is 8. The van der Waals surface area contributed by atoms with Crippen LogP contribution in [0.3, 0.4) is 0 Å². The molecule has 1 unspecified atom stereocenters. The third-order valence-corrected chi connectivity index (χ3v) is 6.41. The molecule has 0 bridgehead atoms. The molecule has 2 amide bonds. The lowest BCUT2D eigenvalue weighted by atomic mass is 10.1. The van der Waals surface area contributed by atoms with Crippen LogP contribution in [-0.4, -0.2) is 45.9 Å². The lowest BCUT2D eigenvalue weighted by molar-refractivity contribution is -0.121. The monoisotopic (exact) mass is 484 g/mol. The molecule has 4 aromatic rings. The van der Waals surface area contributed by atoms with Gasteiger partial charge in [-0.15, -0.1) is 0 Å². The number of carbonyl (C=O) groups is 2. The topological polar surface area (TPSA) is 110 Å². The fourth-order valence-electron chi connectivity index (χ4n) is 3.21. The van der Waals surface area contributed by atoms with Crippen LogP contribution in [0.15, 0.2) is 67.8 Å². The van der Waals surface area contributed by atoms with Crippen LogP contribution in [-0.2, 0) is 9.59 Å². The van der Waals surface area contributed by atoms with E-state index in [9.17, 15) is 9.59 Å². The molecule has 10 heteroatoms. The smallest absolute Gasteiger partial charge is 0.257 e. The molecule has 33 heavy (non-hydrogen) atoms. The fourth-order valence-corrected chi connectivity index (χ4v) is 4.53. The van der Waals surface area contributed by atoms with Gasteiger partial charge >= 0.3 is 0 Å². The Bertz CT molecular complexity index is 1170. The van der Waals surface area contributed by atoms with Crippen molar-refractivity contribution in [3.63, 3.8) is 0 Å². The number of benzene rings is 2. The van der Waals surface area contributed by atoms with Crippen molar-refractivity contribution in [2.45, 2.75) is 36.3 Å². The quantitative estimate of drug-likeness (QED) is 0.304. The second-order valence-corrected chi connectivity index (χ2v) is 9.18. The molecule has 0 aliphatic rings. The first kappa shape index (κ1) is 23.2. The zero-order valence-corrected chi connectivity index (χ0v) is 19.7. The van der Waals surface area contributed by atoms with Crippen molar-refractivity contribution >= 4 is 57.5 Å². The lowest BCUT2D eigenvalue weighted by Gasteiger charge is -2.18. The Kier molecular flexibility index (Phi) is 7.90. The highest BCUT2D eigenvalue weighted by Gasteiger charge is 2.16. The van der Waals surface area contributed by atoms with Gasteiger partial charge in [0, 0.05) is 12.6 Å². The number of thioether (sulfide) groups is 2. The van der Waals surface area contributed by atoms with E-state index >= 15 is 0 Å². The van der Waals surface area contributed by atoms with Crippen LogP contribution in [0.5, 0.6) is 0 Å². The van der Waals surface area contributed by atoms with Gasteiger partial charge in [0.2, 0.25) is 11.8 Å². The van der Waals surface area contributed by atoms with Gasteiger partial charge in [-0.25, -0.2) is 9.97 Å². The normalized spacial score (nSPS) is 12.2. The predicted octanol–water partition coefficient (Wildman–Crippen LogP) is 4.25. The van der Waals surface area contributed by atoms with E-state index in [1.165, 1.54) is 23.5 Å². The van der Waals surface area contributed by atoms with Gasteiger partial charge in [-0.2, -0.15) is 0 Å². The average Bonchev–Trinajstić information content (AvgIpc) is 3.43. The van der Waals surface area contributed by atoms with Gasteiger partial charge in [0.05, 0.1) is 11.5 Å². The Morgan fingerprint density at radius 1 is 0.879 bits per heavy atom. The zero-order valence-electron chi connectivity index (χ0n) is 18.1. The van der Waals surface area contributed by atoms with Gasteiger partial charge in [0.1, 0.15) is 11.0 Å². The number of amides is 2. The predicted molar refractivity (Wildman–Crippen MR) is 129 cm³/mol. The second-order valence-electron chi connectivity index (χ2n) is 7.33. The summed E-state index contributed by atoms with van der Waals surface area (Å²) in [6.07, 6.45) is 1.65. The molecule has 2 aromatic heterocycles. The number of para-hydroxylation sites is 4. The van der Waals surface area contributed by atoms with Gasteiger partial charge in [-0.1, -0.05) is 61.1 Å². The molecule has 8 nitrogen and oxygen atoms in total. The summed E-state index contributed by atoms with van der Waals surface area (Å²) in [6.45, 7) is 2.40. The van der Waals surface area contributed by atoms with E-state index in [1.54, 1.807) is 0 Å². The van der Waals surface area contributed by atoms with Crippen LogP contribution < -0.4 is 10.6 Å². The van der Waals surface area contributed by atoms with E-state index in [2.05, 4.69) is 20.6 Å². The molecule has 0 radical (unpaired) electrons. The van der Waals surface area contributed by atoms with Crippen LogP contribution in [0.1, 0.15) is 19.8 Å². The summed E-state index contributed by atoms with van der Waals surface area (Å²) in [5.41, 5.74) is 2.93. The molecule has 2 N–H and O–H groups in total. The number of oxazole rings is 2. The number of rotatable bonds is 11. The lowest BCUT2D eigenvalue weighted by Crippen LogP contribution is -2.44. The fraction of sp³-hybridized carbons (Fsp3) is 0.304. The van der Waals surface area contributed by atoms with Gasteiger partial charge in [0.25, 0.3) is 10.4 Å². The molecule has 1 atom stereocenters. The van der Waals surface area contributed by atoms with E-state index in [4.69, 9.17) is 8.83 Å². The molecule has 0 spiro atoms. The molecule has 2 aromatic carbocycles. The van der Waals surface area contributed by atoms with Crippen molar-refractivity contribution in [2.75, 3.05) is 18.1 Å². The minimum atomic E-state index is -0.148. The maximum absolute atomic E-state index is 12.4. The number of aromatic nitrogens is 2. The minimum absolute atomic E-state index is 0.129. The van der Waals surface area contributed by atoms with Crippen LogP contribution in [0, 0.1) is 0 Å². The Balaban J connectivity index is 1.21. The third kappa shape index (κ3) is 6.52. The first-order valence-electron chi connectivity index (χ1n) is 10.6. The summed E-state index contributed by atoms with van der Waals surface area (Å²) >= 11 is 2.49. The molecule has 0 fully saturated rings. The van der Waals surface area contributed by atoms with Crippen molar-refractivity contribution in [1.29, 1.82) is 0 Å². The first-order valence-corrected chi connectivity index (χ1v) is 12.6. The highest BCUT2D eigenvalue weighted by Crippen LogP contribution is 2.24. The highest BCUT2D eigenvalue weighted by molar-refractivity contribution is 8.00. The molecule has 0 aliphatic carbocycles. The van der Waals surface area contributed by atoms with Crippen LogP contribution >= 0.6 is 23.5 Å². The van der Waals surface area contributed by atoms with E-state index in [-0.39, 0.29) is 29.4 Å². The molecule has 0 saturated carbocycles. The van der Waals surface area contributed by atoms with Gasteiger partial charge in [-0.05, 0) is 30.7 Å². The number of carbonyl (C=O) groups excluding carboxylic acids is 2. The number of fused-ring (bicyclic) bond motifs is 2. The molecule has 0 saturated heterocycles. The minimum Gasteiger partial charge on any atom is -0.431 e. The van der Waals surface area contributed by atoms with Crippen molar-refractivity contribution in [2.24, 2.45) is 0 Å². The molecular formula is C23H24N4O4S2. The maximum atomic E-state index is 12.4. The summed E-state index contributed by atoms with van der Waals surface area (Å²) in [4.78, 5) is 33.4. The summed E-state index contributed by atoms with van der Waals surface area (Å²) in [5, 5.41) is 6.79. The van der Waals surface area contributed by atoms with Crippen molar-refractivity contribution in [1.82, 2.24) is 20.6 Å².